The SMILES string of the molecule is Cc1ccc(C(=O)c2oc3cc(NC(=O)c4cccc(F)c4)ccc3c2C)cc1. The van der Waals surface area contributed by atoms with Crippen molar-refractivity contribution in [3.8, 4) is 0 Å². The van der Waals surface area contributed by atoms with Crippen LogP contribution in [0.3, 0.4) is 0 Å². The Hall–Kier alpha value is -3.73. The van der Waals surface area contributed by atoms with Gasteiger partial charge >= 0.3 is 0 Å². The van der Waals surface area contributed by atoms with E-state index in [1.54, 1.807) is 30.3 Å². The largest absolute Gasteiger partial charge is 0.452 e. The molecule has 144 valence electrons. The van der Waals surface area contributed by atoms with Crippen molar-refractivity contribution in [2.45, 2.75) is 13.8 Å². The van der Waals surface area contributed by atoms with Crippen LogP contribution in [0, 0.1) is 19.7 Å². The van der Waals surface area contributed by atoms with Crippen LogP contribution in [0.25, 0.3) is 11.0 Å². The predicted molar refractivity (Wildman–Crippen MR) is 110 cm³/mol. The van der Waals surface area contributed by atoms with Crippen molar-refractivity contribution >= 4 is 28.3 Å². The number of benzene rings is 3. The van der Waals surface area contributed by atoms with E-state index in [9.17, 15) is 14.0 Å². The first-order chi connectivity index (χ1) is 13.9. The summed E-state index contributed by atoms with van der Waals surface area (Å²) in [6.45, 7) is 3.79. The van der Waals surface area contributed by atoms with Crippen LogP contribution in [-0.4, -0.2) is 11.7 Å². The van der Waals surface area contributed by atoms with Gasteiger partial charge in [0.15, 0.2) is 5.76 Å². The lowest BCUT2D eigenvalue weighted by Gasteiger charge is -2.05. The first kappa shape index (κ1) is 18.6. The Morgan fingerprint density at radius 3 is 2.38 bits per heavy atom. The van der Waals surface area contributed by atoms with Crippen LogP contribution in [0.2, 0.25) is 0 Å². The fraction of sp³-hybridized carbons (Fsp3) is 0.0833. The molecule has 0 saturated carbocycles. The normalized spacial score (nSPS) is 10.9. The third-order valence-corrected chi connectivity index (χ3v) is 4.80. The molecule has 0 aliphatic heterocycles. The number of fused-ring (bicyclic) bond motifs is 1. The van der Waals surface area contributed by atoms with Gasteiger partial charge in [-0.1, -0.05) is 35.9 Å². The highest BCUT2D eigenvalue weighted by Crippen LogP contribution is 2.29. The molecule has 4 rings (SSSR count). The fourth-order valence-corrected chi connectivity index (χ4v) is 3.19. The smallest absolute Gasteiger partial charge is 0.255 e. The number of nitrogens with one attached hydrogen (secondary N) is 1. The standard InChI is InChI=1S/C24H18FNO3/c1-14-6-8-16(9-7-14)22(27)23-15(2)20-11-10-19(13-21(20)29-23)26-24(28)17-4-3-5-18(25)12-17/h3-13H,1-2H3,(H,26,28). The second-order valence-corrected chi connectivity index (χ2v) is 6.93. The van der Waals surface area contributed by atoms with Crippen molar-refractivity contribution in [2.24, 2.45) is 0 Å². The molecule has 0 spiro atoms. The van der Waals surface area contributed by atoms with Gasteiger partial charge in [0.1, 0.15) is 11.4 Å². The topological polar surface area (TPSA) is 59.3 Å². The Morgan fingerprint density at radius 2 is 1.66 bits per heavy atom. The minimum atomic E-state index is -0.478. The van der Waals surface area contributed by atoms with Crippen molar-refractivity contribution in [2.75, 3.05) is 5.32 Å². The van der Waals surface area contributed by atoms with Crippen LogP contribution in [0.1, 0.15) is 37.6 Å². The lowest BCUT2D eigenvalue weighted by molar-refractivity contribution is 0.101. The highest BCUT2D eigenvalue weighted by Gasteiger charge is 2.19. The Kier molecular flexibility index (Phi) is 4.72. The summed E-state index contributed by atoms with van der Waals surface area (Å²) in [4.78, 5) is 25.2. The van der Waals surface area contributed by atoms with Gasteiger partial charge in [-0.3, -0.25) is 9.59 Å². The molecule has 1 aromatic heterocycles. The minimum absolute atomic E-state index is 0.191. The van der Waals surface area contributed by atoms with Gasteiger partial charge in [-0.15, -0.1) is 0 Å². The lowest BCUT2D eigenvalue weighted by Crippen LogP contribution is -2.11. The maximum Gasteiger partial charge on any atom is 0.255 e. The number of rotatable bonds is 4. The van der Waals surface area contributed by atoms with Crippen molar-refractivity contribution < 1.29 is 18.4 Å². The predicted octanol–water partition coefficient (Wildman–Crippen LogP) is 5.67. The zero-order valence-electron chi connectivity index (χ0n) is 16.0. The highest BCUT2D eigenvalue weighted by atomic mass is 19.1. The number of ketones is 1. The van der Waals surface area contributed by atoms with E-state index in [1.165, 1.54) is 24.3 Å². The molecule has 29 heavy (non-hydrogen) atoms. The summed E-state index contributed by atoms with van der Waals surface area (Å²) in [7, 11) is 0. The van der Waals surface area contributed by atoms with Gasteiger partial charge in [-0.2, -0.15) is 0 Å². The number of halogens is 1. The molecule has 1 amide bonds. The fourth-order valence-electron chi connectivity index (χ4n) is 3.19. The van der Waals surface area contributed by atoms with E-state index >= 15 is 0 Å². The van der Waals surface area contributed by atoms with E-state index in [0.29, 0.717) is 16.8 Å². The van der Waals surface area contributed by atoms with E-state index in [1.807, 2.05) is 26.0 Å². The zero-order chi connectivity index (χ0) is 20.5. The van der Waals surface area contributed by atoms with Crippen LogP contribution in [-0.2, 0) is 0 Å². The third-order valence-electron chi connectivity index (χ3n) is 4.80. The maximum absolute atomic E-state index is 13.3. The third kappa shape index (κ3) is 3.67. The summed E-state index contributed by atoms with van der Waals surface area (Å²) >= 11 is 0. The van der Waals surface area contributed by atoms with Crippen LogP contribution >= 0.6 is 0 Å². The van der Waals surface area contributed by atoms with Gasteiger partial charge < -0.3 is 9.73 Å². The molecule has 5 heteroatoms. The lowest BCUT2D eigenvalue weighted by atomic mass is 10.0. The van der Waals surface area contributed by atoms with E-state index in [4.69, 9.17) is 4.42 Å². The Bertz CT molecular complexity index is 1240. The summed E-state index contributed by atoms with van der Waals surface area (Å²) in [5, 5.41) is 3.52. The van der Waals surface area contributed by atoms with Crippen LogP contribution < -0.4 is 5.32 Å². The first-order valence-electron chi connectivity index (χ1n) is 9.14. The maximum atomic E-state index is 13.3. The Labute approximate surface area is 167 Å². The average Bonchev–Trinajstić information content (AvgIpc) is 3.04. The molecule has 0 bridgehead atoms. The van der Waals surface area contributed by atoms with Gasteiger partial charge in [-0.05, 0) is 44.2 Å². The molecule has 4 nitrogen and oxygen atoms in total. The number of furan rings is 1. The van der Waals surface area contributed by atoms with Gasteiger partial charge in [0, 0.05) is 33.8 Å². The summed E-state index contributed by atoms with van der Waals surface area (Å²) in [5.74, 6) is -0.821. The number of carbonyl (C=O) groups is 2. The molecule has 1 heterocycles. The summed E-state index contributed by atoms with van der Waals surface area (Å²) < 4.78 is 19.2. The van der Waals surface area contributed by atoms with E-state index < -0.39 is 11.7 Å². The molecule has 3 aromatic carbocycles. The molecular weight excluding hydrogens is 369 g/mol. The second-order valence-electron chi connectivity index (χ2n) is 6.93. The van der Waals surface area contributed by atoms with E-state index in [2.05, 4.69) is 5.32 Å². The van der Waals surface area contributed by atoms with Gasteiger partial charge in [0.25, 0.3) is 5.91 Å². The number of hydrogen-bond donors (Lipinski definition) is 1. The second kappa shape index (κ2) is 7.36. The summed E-state index contributed by atoms with van der Waals surface area (Å²) in [6, 6.07) is 17.9. The number of aryl methyl sites for hydroxylation is 2. The summed E-state index contributed by atoms with van der Waals surface area (Å²) in [6.07, 6.45) is 0. The molecule has 0 unspecified atom stereocenters. The molecular formula is C24H18FNO3. The van der Waals surface area contributed by atoms with Crippen molar-refractivity contribution in [3.63, 3.8) is 0 Å². The van der Waals surface area contributed by atoms with Gasteiger partial charge in [-0.25, -0.2) is 4.39 Å². The monoisotopic (exact) mass is 387 g/mol. The Morgan fingerprint density at radius 1 is 0.897 bits per heavy atom. The van der Waals surface area contributed by atoms with Crippen LogP contribution in [0.15, 0.2) is 71.1 Å². The molecule has 0 atom stereocenters. The molecule has 0 saturated heterocycles. The van der Waals surface area contributed by atoms with E-state index in [0.717, 1.165) is 16.5 Å². The van der Waals surface area contributed by atoms with Gasteiger partial charge in [0.05, 0.1) is 0 Å². The van der Waals surface area contributed by atoms with E-state index in [-0.39, 0.29) is 17.1 Å². The van der Waals surface area contributed by atoms with Crippen LogP contribution in [0.5, 0.6) is 0 Å². The molecule has 0 aliphatic rings. The molecule has 1 N–H and O–H groups in total. The highest BCUT2D eigenvalue weighted by molar-refractivity contribution is 6.11. The molecule has 4 aromatic rings. The number of carbonyl (C=O) groups excluding carboxylic acids is 2. The van der Waals surface area contributed by atoms with Crippen molar-refractivity contribution in [1.82, 2.24) is 0 Å². The summed E-state index contributed by atoms with van der Waals surface area (Å²) in [5.41, 5.74) is 3.58. The number of anilines is 1. The molecule has 0 fully saturated rings. The average molecular weight is 387 g/mol. The van der Waals surface area contributed by atoms with Crippen molar-refractivity contribution in [3.05, 3.63) is 101 Å². The van der Waals surface area contributed by atoms with Gasteiger partial charge in [0.2, 0.25) is 5.78 Å². The van der Waals surface area contributed by atoms with Crippen molar-refractivity contribution in [1.29, 1.82) is 0 Å². The zero-order valence-corrected chi connectivity index (χ0v) is 16.0. The first-order valence-corrected chi connectivity index (χ1v) is 9.14. The number of hydrogen-bond acceptors (Lipinski definition) is 3. The quantitative estimate of drug-likeness (QED) is 0.459. The molecule has 0 radical (unpaired) electrons. The minimum Gasteiger partial charge on any atom is -0.452 e. The van der Waals surface area contributed by atoms with Crippen LogP contribution in [0.4, 0.5) is 10.1 Å². The Balaban J connectivity index is 1.64. The number of amides is 1. The molecule has 0 aliphatic carbocycles.